The number of fused-ring (bicyclic) bond motifs is 1. The van der Waals surface area contributed by atoms with Gasteiger partial charge < -0.3 is 10.6 Å². The lowest BCUT2D eigenvalue weighted by Gasteiger charge is -2.10. The maximum Gasteiger partial charge on any atom is 0.255 e. The summed E-state index contributed by atoms with van der Waals surface area (Å²) in [5.41, 5.74) is 3.73. The summed E-state index contributed by atoms with van der Waals surface area (Å²) in [6, 6.07) is 7.66. The Morgan fingerprint density at radius 3 is 2.89 bits per heavy atom. The number of anilines is 1. The van der Waals surface area contributed by atoms with Gasteiger partial charge in [-0.1, -0.05) is 18.2 Å². The first kappa shape index (κ1) is 18.0. The summed E-state index contributed by atoms with van der Waals surface area (Å²) >= 11 is 0. The summed E-state index contributed by atoms with van der Waals surface area (Å²) in [4.78, 5) is 24.9. The fourth-order valence-corrected chi connectivity index (χ4v) is 3.51. The van der Waals surface area contributed by atoms with Gasteiger partial charge in [0.1, 0.15) is 5.69 Å². The van der Waals surface area contributed by atoms with Gasteiger partial charge in [0.15, 0.2) is 0 Å². The van der Waals surface area contributed by atoms with Crippen LogP contribution in [0.5, 0.6) is 0 Å². The van der Waals surface area contributed by atoms with Gasteiger partial charge in [0.2, 0.25) is 5.91 Å². The Balaban J connectivity index is 1.44. The number of benzene rings is 1. The van der Waals surface area contributed by atoms with Crippen molar-refractivity contribution in [2.45, 2.75) is 25.8 Å². The van der Waals surface area contributed by atoms with Crippen molar-refractivity contribution >= 4 is 17.5 Å². The van der Waals surface area contributed by atoms with Crippen LogP contribution in [0.15, 0.2) is 42.9 Å². The van der Waals surface area contributed by atoms with Gasteiger partial charge >= 0.3 is 0 Å². The van der Waals surface area contributed by atoms with Crippen molar-refractivity contribution in [1.82, 2.24) is 24.9 Å². The van der Waals surface area contributed by atoms with Crippen LogP contribution in [0, 0.1) is 0 Å². The molecule has 8 heteroatoms. The molecule has 1 aliphatic rings. The van der Waals surface area contributed by atoms with Crippen molar-refractivity contribution in [2.75, 3.05) is 11.9 Å². The average Bonchev–Trinajstić information content (AvgIpc) is 3.38. The molecule has 1 atom stereocenters. The molecule has 0 aliphatic carbocycles. The van der Waals surface area contributed by atoms with Crippen molar-refractivity contribution in [3.05, 3.63) is 54.0 Å². The first-order valence-electron chi connectivity index (χ1n) is 9.31. The average molecular weight is 378 g/mol. The monoisotopic (exact) mass is 378 g/mol. The Hall–Kier alpha value is -3.42. The summed E-state index contributed by atoms with van der Waals surface area (Å²) < 4.78 is 3.41. The second-order valence-electron chi connectivity index (χ2n) is 6.82. The van der Waals surface area contributed by atoms with Gasteiger partial charge in [0.05, 0.1) is 17.7 Å². The minimum atomic E-state index is -0.243. The lowest BCUT2D eigenvalue weighted by Crippen LogP contribution is -2.27. The van der Waals surface area contributed by atoms with E-state index in [1.54, 1.807) is 28.8 Å². The number of hydrogen-bond acceptors (Lipinski definition) is 4. The van der Waals surface area contributed by atoms with E-state index < -0.39 is 0 Å². The van der Waals surface area contributed by atoms with E-state index in [-0.39, 0.29) is 17.7 Å². The third-order valence-electron chi connectivity index (χ3n) is 4.93. The molecule has 0 bridgehead atoms. The maximum atomic E-state index is 12.7. The maximum absolute atomic E-state index is 12.7. The number of carbonyl (C=O) groups is 2. The second-order valence-corrected chi connectivity index (χ2v) is 6.82. The summed E-state index contributed by atoms with van der Waals surface area (Å²) in [5, 5.41) is 14.5. The summed E-state index contributed by atoms with van der Waals surface area (Å²) in [5.74, 6) is -0.476. The van der Waals surface area contributed by atoms with Crippen molar-refractivity contribution in [3.63, 3.8) is 0 Å². The fourth-order valence-electron chi connectivity index (χ4n) is 3.51. The molecule has 2 N–H and O–H groups in total. The number of rotatable bonds is 6. The summed E-state index contributed by atoms with van der Waals surface area (Å²) in [6.07, 6.45) is 5.82. The lowest BCUT2D eigenvalue weighted by molar-refractivity contribution is -0.117. The van der Waals surface area contributed by atoms with Gasteiger partial charge in [0.25, 0.3) is 5.91 Å². The molecule has 3 heterocycles. The van der Waals surface area contributed by atoms with E-state index in [0.29, 0.717) is 24.2 Å². The highest BCUT2D eigenvalue weighted by Crippen LogP contribution is 2.34. The number of aromatic nitrogens is 4. The van der Waals surface area contributed by atoms with Crippen molar-refractivity contribution < 1.29 is 9.59 Å². The Kier molecular flexibility index (Phi) is 4.68. The second kappa shape index (κ2) is 7.30. The quantitative estimate of drug-likeness (QED) is 0.687. The normalized spacial score (nSPS) is 15.4. The van der Waals surface area contributed by atoms with Crippen molar-refractivity contribution in [3.8, 4) is 11.3 Å². The largest absolute Gasteiger partial charge is 0.352 e. The first-order chi connectivity index (χ1) is 13.6. The number of para-hydroxylation sites is 1. The topological polar surface area (TPSA) is 93.8 Å². The van der Waals surface area contributed by atoms with Crippen LogP contribution in [0.1, 0.15) is 35.2 Å². The van der Waals surface area contributed by atoms with Crippen LogP contribution >= 0.6 is 0 Å². The molecule has 0 saturated heterocycles. The molecule has 0 fully saturated rings. The highest BCUT2D eigenvalue weighted by atomic mass is 16.2. The first-order valence-corrected chi connectivity index (χ1v) is 9.31. The number of hydrogen-bond donors (Lipinski definition) is 2. The van der Waals surface area contributed by atoms with E-state index in [1.807, 2.05) is 37.4 Å². The van der Waals surface area contributed by atoms with Crippen LogP contribution < -0.4 is 10.6 Å². The zero-order chi connectivity index (χ0) is 19.7. The molecular weight excluding hydrogens is 356 g/mol. The predicted octanol–water partition coefficient (Wildman–Crippen LogP) is 2.16. The van der Waals surface area contributed by atoms with Gasteiger partial charge in [0, 0.05) is 43.8 Å². The SMILES string of the molecule is CCn1cc(-c2nn(C)cc2C(=O)NCCC2C(=O)Nc3ccccc32)cn1. The van der Waals surface area contributed by atoms with Crippen LogP contribution in [-0.2, 0) is 18.4 Å². The van der Waals surface area contributed by atoms with E-state index in [0.717, 1.165) is 23.4 Å². The minimum absolute atomic E-state index is 0.0236. The van der Waals surface area contributed by atoms with Gasteiger partial charge in [-0.05, 0) is 25.0 Å². The van der Waals surface area contributed by atoms with Crippen molar-refractivity contribution in [1.29, 1.82) is 0 Å². The molecule has 144 valence electrons. The zero-order valence-corrected chi connectivity index (χ0v) is 15.8. The molecule has 1 unspecified atom stereocenters. The third kappa shape index (κ3) is 3.28. The molecule has 2 aromatic heterocycles. The fraction of sp³-hybridized carbons (Fsp3) is 0.300. The van der Waals surface area contributed by atoms with Crippen LogP contribution in [0.4, 0.5) is 5.69 Å². The highest BCUT2D eigenvalue weighted by Gasteiger charge is 2.29. The van der Waals surface area contributed by atoms with Crippen LogP contribution in [-0.4, -0.2) is 37.9 Å². The molecule has 0 radical (unpaired) electrons. The standard InChI is InChI=1S/C20H22N6O2/c1-3-26-11-13(10-22-26)18-16(12-25(2)24-18)19(27)21-9-8-15-14-6-4-5-7-17(14)23-20(15)28/h4-7,10-12,15H,3,8-9H2,1-2H3,(H,21,27)(H,23,28). The van der Waals surface area contributed by atoms with Gasteiger partial charge in [-0.3, -0.25) is 19.0 Å². The van der Waals surface area contributed by atoms with E-state index in [1.165, 1.54) is 0 Å². The van der Waals surface area contributed by atoms with E-state index >= 15 is 0 Å². The summed E-state index contributed by atoms with van der Waals surface area (Å²) in [7, 11) is 1.78. The van der Waals surface area contributed by atoms with Crippen LogP contribution in [0.25, 0.3) is 11.3 Å². The molecule has 28 heavy (non-hydrogen) atoms. The Bertz CT molecular complexity index is 1040. The number of nitrogens with one attached hydrogen (secondary N) is 2. The van der Waals surface area contributed by atoms with E-state index in [9.17, 15) is 9.59 Å². The Labute approximate surface area is 162 Å². The number of carbonyl (C=O) groups excluding carboxylic acids is 2. The number of amides is 2. The van der Waals surface area contributed by atoms with Crippen LogP contribution in [0.3, 0.4) is 0 Å². The molecule has 1 aliphatic heterocycles. The number of aryl methyl sites for hydroxylation is 2. The zero-order valence-electron chi connectivity index (χ0n) is 15.8. The van der Waals surface area contributed by atoms with Crippen molar-refractivity contribution in [2.24, 2.45) is 7.05 Å². The molecular formula is C20H22N6O2. The molecule has 0 saturated carbocycles. The highest BCUT2D eigenvalue weighted by molar-refractivity contribution is 6.03. The predicted molar refractivity (Wildman–Crippen MR) is 105 cm³/mol. The molecule has 1 aromatic carbocycles. The lowest BCUT2D eigenvalue weighted by atomic mass is 9.97. The molecule has 0 spiro atoms. The van der Waals surface area contributed by atoms with Crippen LogP contribution in [0.2, 0.25) is 0 Å². The molecule has 3 aromatic rings. The number of nitrogens with zero attached hydrogens (tertiary/aromatic N) is 4. The molecule has 8 nitrogen and oxygen atoms in total. The third-order valence-corrected chi connectivity index (χ3v) is 4.93. The summed E-state index contributed by atoms with van der Waals surface area (Å²) in [6.45, 7) is 3.15. The molecule has 4 rings (SSSR count). The smallest absolute Gasteiger partial charge is 0.255 e. The Morgan fingerprint density at radius 2 is 2.11 bits per heavy atom. The van der Waals surface area contributed by atoms with Gasteiger partial charge in [-0.2, -0.15) is 10.2 Å². The van der Waals surface area contributed by atoms with E-state index in [2.05, 4.69) is 20.8 Å². The van der Waals surface area contributed by atoms with E-state index in [4.69, 9.17) is 0 Å². The van der Waals surface area contributed by atoms with Gasteiger partial charge in [-0.15, -0.1) is 0 Å². The van der Waals surface area contributed by atoms with Gasteiger partial charge in [-0.25, -0.2) is 0 Å². The minimum Gasteiger partial charge on any atom is -0.352 e. The molecule has 2 amide bonds. The Morgan fingerprint density at radius 1 is 1.29 bits per heavy atom.